The fraction of sp³-hybridized carbons (Fsp3) is 0.312. The SMILES string of the molecule is Cc1c(-c2cc(N)on2)c2cc(C(C)C)ccc2n1C. The molecule has 3 aromatic rings. The summed E-state index contributed by atoms with van der Waals surface area (Å²) >= 11 is 0. The molecule has 4 heteroatoms. The molecule has 2 aromatic heterocycles. The highest BCUT2D eigenvalue weighted by Crippen LogP contribution is 2.35. The van der Waals surface area contributed by atoms with E-state index in [-0.39, 0.29) is 0 Å². The topological polar surface area (TPSA) is 57.0 Å². The van der Waals surface area contributed by atoms with Gasteiger partial charge in [0.25, 0.3) is 0 Å². The highest BCUT2D eigenvalue weighted by Gasteiger charge is 2.17. The highest BCUT2D eigenvalue weighted by molar-refractivity contribution is 5.97. The number of nitrogens with two attached hydrogens (primary N) is 1. The zero-order chi connectivity index (χ0) is 14.4. The molecule has 0 amide bonds. The first-order valence-corrected chi connectivity index (χ1v) is 6.80. The molecule has 0 atom stereocenters. The Morgan fingerprint density at radius 3 is 2.60 bits per heavy atom. The van der Waals surface area contributed by atoms with Crippen molar-refractivity contribution in [1.82, 2.24) is 9.72 Å². The summed E-state index contributed by atoms with van der Waals surface area (Å²) in [5.41, 5.74) is 11.2. The van der Waals surface area contributed by atoms with Gasteiger partial charge in [-0.05, 0) is 30.5 Å². The van der Waals surface area contributed by atoms with Gasteiger partial charge >= 0.3 is 0 Å². The second kappa shape index (κ2) is 4.40. The molecular formula is C16H19N3O. The smallest absolute Gasteiger partial charge is 0.222 e. The summed E-state index contributed by atoms with van der Waals surface area (Å²) in [4.78, 5) is 0. The third-order valence-electron chi connectivity index (χ3n) is 3.97. The van der Waals surface area contributed by atoms with Crippen LogP contribution >= 0.6 is 0 Å². The Morgan fingerprint density at radius 1 is 1.25 bits per heavy atom. The number of rotatable bonds is 2. The van der Waals surface area contributed by atoms with Crippen LogP contribution in [0.4, 0.5) is 5.88 Å². The molecule has 104 valence electrons. The summed E-state index contributed by atoms with van der Waals surface area (Å²) < 4.78 is 7.21. The molecule has 0 saturated heterocycles. The zero-order valence-electron chi connectivity index (χ0n) is 12.3. The molecule has 4 nitrogen and oxygen atoms in total. The van der Waals surface area contributed by atoms with Gasteiger partial charge in [-0.3, -0.25) is 0 Å². The second-order valence-corrected chi connectivity index (χ2v) is 5.57. The third kappa shape index (κ3) is 1.80. The van der Waals surface area contributed by atoms with E-state index in [0.29, 0.717) is 11.8 Å². The maximum Gasteiger partial charge on any atom is 0.222 e. The van der Waals surface area contributed by atoms with Crippen molar-refractivity contribution in [3.8, 4) is 11.3 Å². The standard InChI is InChI=1S/C16H19N3O/c1-9(2)11-5-6-14-12(7-11)16(10(3)19(14)4)13-8-15(17)20-18-13/h5-9H,17H2,1-4H3. The van der Waals surface area contributed by atoms with E-state index in [0.717, 1.165) is 17.0 Å². The van der Waals surface area contributed by atoms with Crippen molar-refractivity contribution in [3.05, 3.63) is 35.5 Å². The van der Waals surface area contributed by atoms with Crippen LogP contribution in [-0.4, -0.2) is 9.72 Å². The third-order valence-corrected chi connectivity index (χ3v) is 3.97. The maximum atomic E-state index is 5.66. The number of fused-ring (bicyclic) bond motifs is 1. The van der Waals surface area contributed by atoms with Crippen LogP contribution in [0.1, 0.15) is 31.0 Å². The van der Waals surface area contributed by atoms with Crippen LogP contribution in [0.25, 0.3) is 22.2 Å². The number of nitrogens with zero attached hydrogens (tertiary/aromatic N) is 2. The van der Waals surface area contributed by atoms with Crippen LogP contribution in [0.3, 0.4) is 0 Å². The Hall–Kier alpha value is -2.23. The first kappa shape index (κ1) is 12.8. The number of anilines is 1. The van der Waals surface area contributed by atoms with Crippen LogP contribution in [0.5, 0.6) is 0 Å². The minimum atomic E-state index is 0.344. The van der Waals surface area contributed by atoms with Crippen molar-refractivity contribution >= 4 is 16.8 Å². The molecule has 3 rings (SSSR count). The molecule has 0 unspecified atom stereocenters. The van der Waals surface area contributed by atoms with E-state index in [2.05, 4.69) is 55.7 Å². The Kier molecular flexibility index (Phi) is 2.82. The maximum absolute atomic E-state index is 5.66. The molecule has 0 radical (unpaired) electrons. The van der Waals surface area contributed by atoms with Crippen molar-refractivity contribution in [2.24, 2.45) is 7.05 Å². The Bertz CT molecular complexity index is 780. The molecule has 1 aromatic carbocycles. The number of aromatic nitrogens is 2. The fourth-order valence-corrected chi connectivity index (χ4v) is 2.68. The monoisotopic (exact) mass is 269 g/mol. The minimum Gasteiger partial charge on any atom is -0.368 e. The van der Waals surface area contributed by atoms with Crippen LogP contribution < -0.4 is 5.73 Å². The van der Waals surface area contributed by atoms with Gasteiger partial charge in [0.2, 0.25) is 5.88 Å². The molecule has 2 N–H and O–H groups in total. The molecule has 2 heterocycles. The molecule has 0 aliphatic heterocycles. The van der Waals surface area contributed by atoms with Gasteiger partial charge in [-0.25, -0.2) is 0 Å². The summed E-state index contributed by atoms with van der Waals surface area (Å²) in [6, 6.07) is 8.38. The number of hydrogen-bond acceptors (Lipinski definition) is 3. The molecule has 20 heavy (non-hydrogen) atoms. The molecule has 0 aliphatic rings. The summed E-state index contributed by atoms with van der Waals surface area (Å²) in [6.07, 6.45) is 0. The molecule has 0 bridgehead atoms. The van der Waals surface area contributed by atoms with E-state index in [4.69, 9.17) is 10.3 Å². The summed E-state index contributed by atoms with van der Waals surface area (Å²) in [7, 11) is 2.07. The second-order valence-electron chi connectivity index (χ2n) is 5.57. The quantitative estimate of drug-likeness (QED) is 0.768. The first-order chi connectivity index (χ1) is 9.49. The van der Waals surface area contributed by atoms with Crippen molar-refractivity contribution in [2.75, 3.05) is 5.73 Å². The number of benzene rings is 1. The van der Waals surface area contributed by atoms with Gasteiger partial charge in [0, 0.05) is 35.3 Å². The van der Waals surface area contributed by atoms with Crippen molar-refractivity contribution < 1.29 is 4.52 Å². The summed E-state index contributed by atoms with van der Waals surface area (Å²) in [5, 5.41) is 5.27. The van der Waals surface area contributed by atoms with Crippen molar-refractivity contribution in [2.45, 2.75) is 26.7 Å². The van der Waals surface area contributed by atoms with Gasteiger partial charge in [0.15, 0.2) is 0 Å². The van der Waals surface area contributed by atoms with Crippen LogP contribution in [-0.2, 0) is 7.05 Å². The summed E-state index contributed by atoms with van der Waals surface area (Å²) in [6.45, 7) is 6.49. The minimum absolute atomic E-state index is 0.344. The van der Waals surface area contributed by atoms with Gasteiger partial charge < -0.3 is 14.8 Å². The Balaban J connectivity index is 2.34. The van der Waals surface area contributed by atoms with Gasteiger partial charge in [-0.2, -0.15) is 0 Å². The van der Waals surface area contributed by atoms with Crippen LogP contribution in [0.2, 0.25) is 0 Å². The van der Waals surface area contributed by atoms with Gasteiger partial charge in [-0.1, -0.05) is 25.1 Å². The summed E-state index contributed by atoms with van der Waals surface area (Å²) in [5.74, 6) is 0.839. The number of hydrogen-bond donors (Lipinski definition) is 1. The lowest BCUT2D eigenvalue weighted by atomic mass is 9.99. The van der Waals surface area contributed by atoms with E-state index in [1.807, 2.05) is 0 Å². The molecule has 0 spiro atoms. The zero-order valence-corrected chi connectivity index (χ0v) is 12.3. The van der Waals surface area contributed by atoms with Crippen molar-refractivity contribution in [3.63, 3.8) is 0 Å². The lowest BCUT2D eigenvalue weighted by Crippen LogP contribution is -1.91. The van der Waals surface area contributed by atoms with Crippen LogP contribution in [0, 0.1) is 6.92 Å². The van der Waals surface area contributed by atoms with E-state index in [9.17, 15) is 0 Å². The average Bonchev–Trinajstić information content (AvgIpc) is 2.93. The predicted octanol–water partition coefficient (Wildman–Crippen LogP) is 3.85. The average molecular weight is 269 g/mol. The van der Waals surface area contributed by atoms with Gasteiger partial charge in [0.1, 0.15) is 5.69 Å². The molecule has 0 aliphatic carbocycles. The van der Waals surface area contributed by atoms with Gasteiger partial charge in [-0.15, -0.1) is 0 Å². The van der Waals surface area contributed by atoms with E-state index < -0.39 is 0 Å². The molecule has 0 fully saturated rings. The largest absolute Gasteiger partial charge is 0.368 e. The molecule has 0 saturated carbocycles. The normalized spacial score (nSPS) is 11.7. The fourth-order valence-electron chi connectivity index (χ4n) is 2.68. The number of nitrogen functional groups attached to an aromatic ring is 1. The number of aryl methyl sites for hydroxylation is 1. The van der Waals surface area contributed by atoms with E-state index >= 15 is 0 Å². The van der Waals surface area contributed by atoms with E-state index in [1.54, 1.807) is 6.07 Å². The molecular weight excluding hydrogens is 250 g/mol. The van der Waals surface area contributed by atoms with E-state index in [1.165, 1.54) is 16.5 Å². The van der Waals surface area contributed by atoms with Crippen LogP contribution in [0.15, 0.2) is 28.8 Å². The lowest BCUT2D eigenvalue weighted by Gasteiger charge is -2.06. The predicted molar refractivity (Wildman–Crippen MR) is 81.7 cm³/mol. The highest BCUT2D eigenvalue weighted by atomic mass is 16.5. The van der Waals surface area contributed by atoms with Gasteiger partial charge in [0.05, 0.1) is 0 Å². The Morgan fingerprint density at radius 2 is 2.00 bits per heavy atom. The first-order valence-electron chi connectivity index (χ1n) is 6.80. The lowest BCUT2D eigenvalue weighted by molar-refractivity contribution is 0.439. The van der Waals surface area contributed by atoms with Crippen molar-refractivity contribution in [1.29, 1.82) is 0 Å². The Labute approximate surface area is 118 Å².